The maximum Gasteiger partial charge on any atom is -0.0227 e. The lowest BCUT2D eigenvalue weighted by Gasteiger charge is -2.62. The average Bonchev–Trinajstić information content (AvgIpc) is 2.72. The lowest BCUT2D eigenvalue weighted by Crippen LogP contribution is -2.53. The minimum absolute atomic E-state index is 0.896. The molecule has 0 saturated heterocycles. The highest BCUT2D eigenvalue weighted by atomic mass is 14.7. The molecule has 1 spiro atoms. The van der Waals surface area contributed by atoms with Gasteiger partial charge >= 0.3 is 0 Å². The summed E-state index contributed by atoms with van der Waals surface area (Å²) in [6.45, 7) is 0. The van der Waals surface area contributed by atoms with Crippen molar-refractivity contribution in [3.63, 3.8) is 0 Å². The molecule has 0 nitrogen and oxygen atoms in total. The molecule has 0 radical (unpaired) electrons. The molecule has 0 aromatic heterocycles. The summed E-state index contributed by atoms with van der Waals surface area (Å²) < 4.78 is 0. The largest absolute Gasteiger partial charge is 0.0527 e. The van der Waals surface area contributed by atoms with Crippen molar-refractivity contribution in [3.8, 4) is 0 Å². The Kier molecular flexibility index (Phi) is 2.12. The predicted molar refractivity (Wildman–Crippen MR) is 81.1 cm³/mol. The molecule has 7 saturated carbocycles. The van der Waals surface area contributed by atoms with E-state index in [1.54, 1.807) is 70.6 Å². The molecule has 7 aliphatic rings. The number of hydrogen-bond acceptors (Lipinski definition) is 0. The molecule has 20 heavy (non-hydrogen) atoms. The van der Waals surface area contributed by atoms with Gasteiger partial charge < -0.3 is 0 Å². The number of rotatable bonds is 0. The summed E-state index contributed by atoms with van der Waals surface area (Å²) in [6, 6.07) is 0. The summed E-state index contributed by atoms with van der Waals surface area (Å²) in [6.07, 6.45) is 18.0. The maximum atomic E-state index is 1.69. The van der Waals surface area contributed by atoms with Gasteiger partial charge in [-0.15, -0.1) is 0 Å². The van der Waals surface area contributed by atoms with Gasteiger partial charge in [0.15, 0.2) is 0 Å². The first kappa shape index (κ1) is 11.6. The van der Waals surface area contributed by atoms with Gasteiger partial charge in [0.25, 0.3) is 0 Å². The van der Waals surface area contributed by atoms with E-state index in [2.05, 4.69) is 0 Å². The fraction of sp³-hybridized carbons (Fsp3) is 1.00. The van der Waals surface area contributed by atoms with Crippen molar-refractivity contribution in [2.45, 2.75) is 70.6 Å². The van der Waals surface area contributed by atoms with E-state index in [0.29, 0.717) is 0 Å². The molecule has 7 fully saturated rings. The Bertz CT molecular complexity index is 421. The molecular formula is C20H30. The molecule has 7 unspecified atom stereocenters. The smallest absolute Gasteiger partial charge is 0.0227 e. The zero-order valence-electron chi connectivity index (χ0n) is 12.9. The van der Waals surface area contributed by atoms with Gasteiger partial charge in [0, 0.05) is 0 Å². The third-order valence-corrected chi connectivity index (χ3v) is 9.35. The second-order valence-corrected chi connectivity index (χ2v) is 9.84. The molecule has 0 aromatic rings. The van der Waals surface area contributed by atoms with E-state index in [0.717, 1.165) is 5.41 Å². The monoisotopic (exact) mass is 270 g/mol. The first-order valence-electron chi connectivity index (χ1n) is 9.85. The standard InChI is InChI=1S/C20H30/c1-3-14-4-2-6-17-18(14)16(5-1)19-15-8-12-7-13(9-15)11-20(17,19)10-12/h12-19H,1-11H2. The van der Waals surface area contributed by atoms with E-state index in [-0.39, 0.29) is 0 Å². The molecule has 4 bridgehead atoms. The van der Waals surface area contributed by atoms with Gasteiger partial charge in [0.1, 0.15) is 0 Å². The Balaban J connectivity index is 1.51. The Morgan fingerprint density at radius 2 is 1.45 bits per heavy atom. The topological polar surface area (TPSA) is 0 Å². The molecule has 0 amide bonds. The zero-order chi connectivity index (χ0) is 12.9. The Morgan fingerprint density at radius 3 is 2.25 bits per heavy atom. The van der Waals surface area contributed by atoms with E-state index < -0.39 is 0 Å². The van der Waals surface area contributed by atoms with Crippen molar-refractivity contribution < 1.29 is 0 Å². The minimum atomic E-state index is 0.896. The van der Waals surface area contributed by atoms with E-state index in [4.69, 9.17) is 0 Å². The predicted octanol–water partition coefficient (Wildman–Crippen LogP) is 5.28. The van der Waals surface area contributed by atoms with Crippen LogP contribution in [-0.2, 0) is 0 Å². The molecule has 110 valence electrons. The van der Waals surface area contributed by atoms with Crippen molar-refractivity contribution in [1.82, 2.24) is 0 Å². The molecule has 7 aliphatic carbocycles. The third kappa shape index (κ3) is 1.19. The molecule has 0 aromatic carbocycles. The summed E-state index contributed by atoms with van der Waals surface area (Å²) >= 11 is 0. The summed E-state index contributed by atoms with van der Waals surface area (Å²) in [4.78, 5) is 0. The van der Waals surface area contributed by atoms with Gasteiger partial charge in [0.2, 0.25) is 0 Å². The highest BCUT2D eigenvalue weighted by Crippen LogP contribution is 2.76. The van der Waals surface area contributed by atoms with Crippen LogP contribution >= 0.6 is 0 Å². The molecular weight excluding hydrogens is 240 g/mol. The molecule has 7 atom stereocenters. The van der Waals surface area contributed by atoms with Crippen LogP contribution in [0.5, 0.6) is 0 Å². The van der Waals surface area contributed by atoms with Crippen LogP contribution in [-0.4, -0.2) is 0 Å². The van der Waals surface area contributed by atoms with Crippen LogP contribution in [0.1, 0.15) is 70.6 Å². The molecule has 7 rings (SSSR count). The van der Waals surface area contributed by atoms with Crippen LogP contribution in [0.4, 0.5) is 0 Å². The Labute approximate surface area is 124 Å². The van der Waals surface area contributed by atoms with Crippen LogP contribution in [0.3, 0.4) is 0 Å². The van der Waals surface area contributed by atoms with Gasteiger partial charge in [0.05, 0.1) is 0 Å². The van der Waals surface area contributed by atoms with Crippen molar-refractivity contribution in [2.24, 2.45) is 52.8 Å². The lowest BCUT2D eigenvalue weighted by atomic mass is 9.43. The summed E-state index contributed by atoms with van der Waals surface area (Å²) in [5.74, 6) is 9.52. The highest BCUT2D eigenvalue weighted by molar-refractivity contribution is 5.17. The summed E-state index contributed by atoms with van der Waals surface area (Å²) in [5, 5.41) is 0. The van der Waals surface area contributed by atoms with E-state index in [9.17, 15) is 0 Å². The first-order valence-corrected chi connectivity index (χ1v) is 9.85. The summed E-state index contributed by atoms with van der Waals surface area (Å²) in [7, 11) is 0. The van der Waals surface area contributed by atoms with Gasteiger partial charge in [-0.1, -0.05) is 25.7 Å². The van der Waals surface area contributed by atoms with Gasteiger partial charge in [-0.05, 0) is 97.7 Å². The van der Waals surface area contributed by atoms with E-state index >= 15 is 0 Å². The first-order chi connectivity index (χ1) is 9.85. The molecule has 0 aliphatic heterocycles. The van der Waals surface area contributed by atoms with Crippen molar-refractivity contribution in [1.29, 1.82) is 0 Å². The Hall–Kier alpha value is 0. The minimum Gasteiger partial charge on any atom is -0.0527 e. The molecule has 0 heterocycles. The molecule has 0 heteroatoms. The van der Waals surface area contributed by atoms with Crippen LogP contribution in [0.2, 0.25) is 0 Å². The molecule has 0 N–H and O–H groups in total. The quantitative estimate of drug-likeness (QED) is 0.562. The fourth-order valence-corrected chi connectivity index (χ4v) is 9.66. The maximum absolute atomic E-state index is 1.69. The number of hydrogen-bond donors (Lipinski definition) is 0. The fourth-order valence-electron chi connectivity index (χ4n) is 9.66. The van der Waals surface area contributed by atoms with Gasteiger partial charge in [-0.2, -0.15) is 0 Å². The van der Waals surface area contributed by atoms with Crippen LogP contribution < -0.4 is 0 Å². The normalized spacial score (nSPS) is 66.0. The second kappa shape index (κ2) is 3.66. The Morgan fingerprint density at radius 1 is 0.700 bits per heavy atom. The second-order valence-electron chi connectivity index (χ2n) is 9.84. The lowest BCUT2D eigenvalue weighted by molar-refractivity contribution is -0.124. The van der Waals surface area contributed by atoms with Crippen LogP contribution in [0.15, 0.2) is 0 Å². The van der Waals surface area contributed by atoms with Crippen molar-refractivity contribution >= 4 is 0 Å². The SMILES string of the molecule is C1CC2CCCC3C2C(C1)C1C2CC4CC(C2)CC31C4. The van der Waals surface area contributed by atoms with Crippen LogP contribution in [0, 0.1) is 52.8 Å². The van der Waals surface area contributed by atoms with Crippen LogP contribution in [0.25, 0.3) is 0 Å². The third-order valence-electron chi connectivity index (χ3n) is 9.35. The van der Waals surface area contributed by atoms with E-state index in [1.165, 1.54) is 47.3 Å². The van der Waals surface area contributed by atoms with Gasteiger partial charge in [-0.3, -0.25) is 0 Å². The summed E-state index contributed by atoms with van der Waals surface area (Å²) in [5.41, 5.74) is 0.896. The van der Waals surface area contributed by atoms with Gasteiger partial charge in [-0.25, -0.2) is 0 Å². The average molecular weight is 270 g/mol. The zero-order valence-corrected chi connectivity index (χ0v) is 12.9. The van der Waals surface area contributed by atoms with E-state index in [1.807, 2.05) is 0 Å². The van der Waals surface area contributed by atoms with Crippen molar-refractivity contribution in [3.05, 3.63) is 0 Å². The highest BCUT2D eigenvalue weighted by Gasteiger charge is 2.69. The van der Waals surface area contributed by atoms with Crippen molar-refractivity contribution in [2.75, 3.05) is 0 Å².